The molecule has 4 rings (SSSR count). The Bertz CT molecular complexity index is 1080. The summed E-state index contributed by atoms with van der Waals surface area (Å²) < 4.78 is 2.56. The fourth-order valence-corrected chi connectivity index (χ4v) is 5.60. The Morgan fingerprint density at radius 2 is 2.07 bits per heavy atom. The summed E-state index contributed by atoms with van der Waals surface area (Å²) in [5.41, 5.74) is 0.843. The minimum Gasteiger partial charge on any atom is -0.351 e. The van der Waals surface area contributed by atoms with E-state index in [9.17, 15) is 9.59 Å². The third-order valence-electron chi connectivity index (χ3n) is 6.13. The molecule has 1 N–H and O–H groups in total. The first-order chi connectivity index (χ1) is 14.1. The number of para-hydroxylation sites is 1. The van der Waals surface area contributed by atoms with Gasteiger partial charge in [0.15, 0.2) is 0 Å². The number of aryl methyl sites for hydroxylation is 1. The van der Waals surface area contributed by atoms with Gasteiger partial charge in [-0.1, -0.05) is 31.5 Å². The number of fused-ring (bicyclic) bond motifs is 3. The molecule has 1 aromatic carbocycles. The fourth-order valence-electron chi connectivity index (χ4n) is 4.50. The average molecular weight is 412 g/mol. The minimum atomic E-state index is -0.0805. The Labute approximate surface area is 175 Å². The topological polar surface area (TPSA) is 54.3 Å². The Kier molecular flexibility index (Phi) is 6.01. The third-order valence-corrected chi connectivity index (χ3v) is 7.30. The van der Waals surface area contributed by atoms with E-state index >= 15 is 0 Å². The Balaban J connectivity index is 1.45. The Morgan fingerprint density at radius 1 is 1.24 bits per heavy atom. The zero-order valence-corrected chi connectivity index (χ0v) is 18.1. The van der Waals surface area contributed by atoms with E-state index in [2.05, 4.69) is 17.1 Å². The molecule has 1 atom stereocenters. The summed E-state index contributed by atoms with van der Waals surface area (Å²) in [7, 11) is 1.78. The molecule has 3 aromatic rings. The molecule has 0 aliphatic carbocycles. The lowest BCUT2D eigenvalue weighted by molar-refractivity contribution is 0.0951. The smallest absolute Gasteiger partial charge is 0.261 e. The number of hydrogen-bond donors (Lipinski definition) is 1. The van der Waals surface area contributed by atoms with Gasteiger partial charge in [0.2, 0.25) is 0 Å². The average Bonchev–Trinajstić information content (AvgIpc) is 3.21. The first kappa shape index (κ1) is 20.1. The molecule has 1 saturated heterocycles. The quantitative estimate of drug-likeness (QED) is 0.620. The van der Waals surface area contributed by atoms with E-state index in [4.69, 9.17) is 0 Å². The summed E-state index contributed by atoms with van der Waals surface area (Å²) in [6.07, 6.45) is 6.09. The highest BCUT2D eigenvalue weighted by atomic mass is 32.1. The first-order valence-corrected chi connectivity index (χ1v) is 11.4. The summed E-state index contributed by atoms with van der Waals surface area (Å²) >= 11 is 1.41. The second-order valence-corrected chi connectivity index (χ2v) is 8.99. The van der Waals surface area contributed by atoms with Crippen LogP contribution in [-0.4, -0.2) is 41.1 Å². The molecule has 3 heterocycles. The van der Waals surface area contributed by atoms with Crippen LogP contribution in [0.2, 0.25) is 0 Å². The lowest BCUT2D eigenvalue weighted by Gasteiger charge is -2.35. The van der Waals surface area contributed by atoms with Crippen LogP contribution < -0.4 is 10.9 Å². The van der Waals surface area contributed by atoms with E-state index in [0.29, 0.717) is 22.8 Å². The lowest BCUT2D eigenvalue weighted by atomic mass is 10.00. The number of hydrogen-bond acceptors (Lipinski definition) is 4. The number of nitrogens with one attached hydrogen (secondary N) is 1. The van der Waals surface area contributed by atoms with Crippen molar-refractivity contribution in [2.45, 2.75) is 45.1 Å². The Morgan fingerprint density at radius 3 is 2.90 bits per heavy atom. The number of carbonyl (C=O) groups is 1. The van der Waals surface area contributed by atoms with Crippen molar-refractivity contribution in [2.75, 3.05) is 19.6 Å². The second kappa shape index (κ2) is 8.67. The highest BCUT2D eigenvalue weighted by Gasteiger charge is 2.20. The van der Waals surface area contributed by atoms with Crippen molar-refractivity contribution >= 4 is 38.2 Å². The SMILES string of the molecule is CC[C@@H]1CCCCN1CCCNC(=O)c1cc2c(=O)n(C)c3ccccc3c2s1. The normalized spacial score (nSPS) is 17.8. The van der Waals surface area contributed by atoms with E-state index in [1.807, 2.05) is 24.3 Å². The van der Waals surface area contributed by atoms with Crippen molar-refractivity contribution in [3.63, 3.8) is 0 Å². The van der Waals surface area contributed by atoms with Crippen LogP contribution in [0.5, 0.6) is 0 Å². The van der Waals surface area contributed by atoms with Crippen molar-refractivity contribution in [1.29, 1.82) is 0 Å². The van der Waals surface area contributed by atoms with E-state index in [1.165, 1.54) is 43.6 Å². The standard InChI is InChI=1S/C23H29N3O2S/c1-3-16-9-6-7-13-26(16)14-8-12-24-22(27)20-15-18-21(29-20)17-10-4-5-11-19(17)25(2)23(18)28/h4-5,10-11,15-16H,3,6-9,12-14H2,1-2H3,(H,24,27)/t16-/m1/s1. The number of rotatable bonds is 6. The number of thiophene rings is 1. The van der Waals surface area contributed by atoms with Gasteiger partial charge < -0.3 is 14.8 Å². The number of pyridine rings is 1. The van der Waals surface area contributed by atoms with Crippen LogP contribution in [0.15, 0.2) is 35.1 Å². The molecule has 2 aromatic heterocycles. The van der Waals surface area contributed by atoms with Gasteiger partial charge in [-0.15, -0.1) is 11.3 Å². The van der Waals surface area contributed by atoms with Gasteiger partial charge in [0, 0.05) is 36.3 Å². The molecule has 1 amide bonds. The second-order valence-electron chi connectivity index (χ2n) is 7.94. The highest BCUT2D eigenvalue weighted by molar-refractivity contribution is 7.21. The number of nitrogens with zero attached hydrogens (tertiary/aromatic N) is 2. The van der Waals surface area contributed by atoms with Crippen LogP contribution in [0.4, 0.5) is 0 Å². The molecule has 1 aliphatic heterocycles. The largest absolute Gasteiger partial charge is 0.351 e. The molecule has 0 saturated carbocycles. The van der Waals surface area contributed by atoms with E-state index in [-0.39, 0.29) is 11.5 Å². The monoisotopic (exact) mass is 411 g/mol. The van der Waals surface area contributed by atoms with Crippen molar-refractivity contribution in [2.24, 2.45) is 7.05 Å². The Hall–Kier alpha value is -2.18. The van der Waals surface area contributed by atoms with Gasteiger partial charge in [-0.05, 0) is 44.4 Å². The number of piperidine rings is 1. The van der Waals surface area contributed by atoms with Crippen LogP contribution in [0.25, 0.3) is 21.0 Å². The molecule has 0 radical (unpaired) electrons. The van der Waals surface area contributed by atoms with Gasteiger partial charge in [0.25, 0.3) is 11.5 Å². The van der Waals surface area contributed by atoms with Gasteiger partial charge in [-0.3, -0.25) is 9.59 Å². The number of aromatic nitrogens is 1. The van der Waals surface area contributed by atoms with Gasteiger partial charge >= 0.3 is 0 Å². The fraction of sp³-hybridized carbons (Fsp3) is 0.478. The molecule has 6 heteroatoms. The molecule has 0 bridgehead atoms. The van der Waals surface area contributed by atoms with Gasteiger partial charge in [-0.2, -0.15) is 0 Å². The van der Waals surface area contributed by atoms with E-state index in [1.54, 1.807) is 17.7 Å². The van der Waals surface area contributed by atoms with Crippen LogP contribution in [0.1, 0.15) is 48.7 Å². The molecule has 0 spiro atoms. The summed E-state index contributed by atoms with van der Waals surface area (Å²) in [5, 5.41) is 4.69. The molecule has 154 valence electrons. The molecular formula is C23H29N3O2S. The zero-order chi connectivity index (χ0) is 20.4. The molecule has 1 fully saturated rings. The van der Waals surface area contributed by atoms with E-state index < -0.39 is 0 Å². The number of carbonyl (C=O) groups excluding carboxylic acids is 1. The summed E-state index contributed by atoms with van der Waals surface area (Å²) in [5.74, 6) is -0.0805. The minimum absolute atomic E-state index is 0.0512. The molecule has 0 unspecified atom stereocenters. The molecule has 5 nitrogen and oxygen atoms in total. The first-order valence-electron chi connectivity index (χ1n) is 10.6. The maximum absolute atomic E-state index is 12.7. The summed E-state index contributed by atoms with van der Waals surface area (Å²) in [4.78, 5) is 28.6. The predicted octanol–water partition coefficient (Wildman–Crippen LogP) is 4.14. The molecule has 1 aliphatic rings. The zero-order valence-electron chi connectivity index (χ0n) is 17.2. The van der Waals surface area contributed by atoms with Crippen molar-refractivity contribution in [1.82, 2.24) is 14.8 Å². The van der Waals surface area contributed by atoms with E-state index in [0.717, 1.165) is 28.6 Å². The van der Waals surface area contributed by atoms with Crippen LogP contribution in [-0.2, 0) is 7.05 Å². The maximum atomic E-state index is 12.7. The summed E-state index contributed by atoms with van der Waals surface area (Å²) in [6, 6.07) is 10.3. The highest BCUT2D eigenvalue weighted by Crippen LogP contribution is 2.30. The van der Waals surface area contributed by atoms with Gasteiger partial charge in [-0.25, -0.2) is 0 Å². The van der Waals surface area contributed by atoms with Crippen LogP contribution >= 0.6 is 11.3 Å². The van der Waals surface area contributed by atoms with Crippen molar-refractivity contribution < 1.29 is 4.79 Å². The molecule has 29 heavy (non-hydrogen) atoms. The predicted molar refractivity (Wildman–Crippen MR) is 121 cm³/mol. The van der Waals surface area contributed by atoms with Crippen molar-refractivity contribution in [3.8, 4) is 0 Å². The lowest BCUT2D eigenvalue weighted by Crippen LogP contribution is -2.40. The molecular weight excluding hydrogens is 382 g/mol. The van der Waals surface area contributed by atoms with Crippen LogP contribution in [0.3, 0.4) is 0 Å². The van der Waals surface area contributed by atoms with Crippen LogP contribution in [0, 0.1) is 0 Å². The third kappa shape index (κ3) is 3.96. The number of benzene rings is 1. The summed E-state index contributed by atoms with van der Waals surface area (Å²) in [6.45, 7) is 5.15. The number of likely N-dealkylation sites (tertiary alicyclic amines) is 1. The number of amides is 1. The van der Waals surface area contributed by atoms with Gasteiger partial charge in [0.1, 0.15) is 0 Å². The van der Waals surface area contributed by atoms with Gasteiger partial charge in [0.05, 0.1) is 15.8 Å². The maximum Gasteiger partial charge on any atom is 0.261 e. The van der Waals surface area contributed by atoms with Crippen molar-refractivity contribution in [3.05, 3.63) is 45.6 Å².